The Morgan fingerprint density at radius 1 is 1.19 bits per heavy atom. The van der Waals surface area contributed by atoms with Crippen molar-refractivity contribution in [3.8, 4) is 0 Å². The standard InChI is InChI=1S/C30H47N3O3S/c1-30(2)17-15-23(16-18-30)32(4)19-8-6-5-7-9-21-37-27-14-10-12-24-25(27)22-33(29(24)36)26(13-11-20-34)28(35)31-3/h10,12,14,20,23,26H,5-9,11,13,15-19,21-22H2,1-4H3,(H,31,35). The van der Waals surface area contributed by atoms with E-state index in [1.165, 1.54) is 64.3 Å². The Hall–Kier alpha value is -1.86. The molecule has 1 aliphatic heterocycles. The van der Waals surface area contributed by atoms with Gasteiger partial charge in [-0.25, -0.2) is 0 Å². The lowest BCUT2D eigenvalue weighted by Gasteiger charge is -2.38. The molecule has 2 amide bonds. The van der Waals surface area contributed by atoms with Crippen LogP contribution in [0, 0.1) is 5.41 Å². The van der Waals surface area contributed by atoms with Crippen molar-refractivity contribution in [1.29, 1.82) is 0 Å². The minimum atomic E-state index is -0.614. The second kappa shape index (κ2) is 14.3. The molecule has 1 aromatic rings. The molecule has 1 unspecified atom stereocenters. The largest absolute Gasteiger partial charge is 0.357 e. The average Bonchev–Trinajstić information content (AvgIpc) is 3.22. The average molecular weight is 530 g/mol. The van der Waals surface area contributed by atoms with Gasteiger partial charge >= 0.3 is 0 Å². The molecule has 1 N–H and O–H groups in total. The third-order valence-electron chi connectivity index (χ3n) is 8.28. The summed E-state index contributed by atoms with van der Waals surface area (Å²) >= 11 is 1.82. The van der Waals surface area contributed by atoms with Crippen LogP contribution in [0.3, 0.4) is 0 Å². The molecule has 0 aromatic heterocycles. The van der Waals surface area contributed by atoms with Crippen molar-refractivity contribution in [2.24, 2.45) is 5.41 Å². The number of likely N-dealkylation sites (N-methyl/N-ethyl adjacent to an activating group) is 1. The van der Waals surface area contributed by atoms with Crippen LogP contribution in [0.5, 0.6) is 0 Å². The fraction of sp³-hybridized carbons (Fsp3) is 0.700. The molecule has 1 atom stereocenters. The van der Waals surface area contributed by atoms with E-state index in [-0.39, 0.29) is 18.2 Å². The molecule has 3 rings (SSSR count). The molecular weight excluding hydrogens is 482 g/mol. The number of carbonyl (C=O) groups is 3. The molecule has 0 spiro atoms. The number of rotatable bonds is 15. The third kappa shape index (κ3) is 8.31. The fourth-order valence-corrected chi connectivity index (χ4v) is 6.81. The number of aldehydes is 1. The Kier molecular flexibility index (Phi) is 11.5. The predicted molar refractivity (Wildman–Crippen MR) is 152 cm³/mol. The van der Waals surface area contributed by atoms with Crippen molar-refractivity contribution in [2.75, 3.05) is 26.4 Å². The molecular formula is C30H47N3O3S. The van der Waals surface area contributed by atoms with E-state index in [2.05, 4.69) is 37.2 Å². The van der Waals surface area contributed by atoms with Crippen molar-refractivity contribution < 1.29 is 14.4 Å². The molecule has 1 saturated carbocycles. The first kappa shape index (κ1) is 29.7. The van der Waals surface area contributed by atoms with E-state index < -0.39 is 6.04 Å². The van der Waals surface area contributed by atoms with E-state index in [1.807, 2.05) is 23.9 Å². The van der Waals surface area contributed by atoms with Crippen LogP contribution < -0.4 is 5.32 Å². The molecule has 1 aliphatic carbocycles. The van der Waals surface area contributed by atoms with Gasteiger partial charge in [-0.2, -0.15) is 0 Å². The highest BCUT2D eigenvalue weighted by Crippen LogP contribution is 2.37. The van der Waals surface area contributed by atoms with Gasteiger partial charge in [0.1, 0.15) is 12.3 Å². The zero-order chi connectivity index (χ0) is 26.8. The maximum absolute atomic E-state index is 13.1. The Morgan fingerprint density at radius 3 is 2.59 bits per heavy atom. The number of carbonyl (C=O) groups excluding carboxylic acids is 3. The third-order valence-corrected chi connectivity index (χ3v) is 9.47. The van der Waals surface area contributed by atoms with Gasteiger partial charge in [0, 0.05) is 36.5 Å². The van der Waals surface area contributed by atoms with Crippen LogP contribution in [0.1, 0.15) is 100 Å². The number of unbranched alkanes of at least 4 members (excludes halogenated alkanes) is 4. The number of hydrogen-bond acceptors (Lipinski definition) is 5. The van der Waals surface area contributed by atoms with E-state index in [9.17, 15) is 14.4 Å². The van der Waals surface area contributed by atoms with Gasteiger partial charge in [-0.3, -0.25) is 9.59 Å². The SMILES string of the molecule is CNC(=O)C(CCC=O)N1Cc2c(SCCCCCCCN(C)C3CCC(C)(C)CC3)cccc2C1=O. The second-order valence-corrected chi connectivity index (χ2v) is 12.7. The van der Waals surface area contributed by atoms with Crippen LogP contribution in [0.25, 0.3) is 0 Å². The van der Waals surface area contributed by atoms with Crippen LogP contribution in [0.4, 0.5) is 0 Å². The summed E-state index contributed by atoms with van der Waals surface area (Å²) in [6.07, 6.45) is 13.1. The summed E-state index contributed by atoms with van der Waals surface area (Å²) in [7, 11) is 3.88. The fourth-order valence-electron chi connectivity index (χ4n) is 5.72. The van der Waals surface area contributed by atoms with Crippen molar-refractivity contribution in [2.45, 2.75) is 108 Å². The molecule has 7 heteroatoms. The predicted octanol–water partition coefficient (Wildman–Crippen LogP) is 5.68. The summed E-state index contributed by atoms with van der Waals surface area (Å²) in [6, 6.07) is 6.04. The molecule has 1 aromatic carbocycles. The lowest BCUT2D eigenvalue weighted by Crippen LogP contribution is -2.46. The Labute approximate surface area is 228 Å². The van der Waals surface area contributed by atoms with Gasteiger partial charge in [-0.1, -0.05) is 39.2 Å². The van der Waals surface area contributed by atoms with Gasteiger partial charge in [-0.05, 0) is 87.4 Å². The van der Waals surface area contributed by atoms with Gasteiger partial charge in [0.05, 0.1) is 0 Å². The van der Waals surface area contributed by atoms with Crippen LogP contribution in [0.15, 0.2) is 23.1 Å². The van der Waals surface area contributed by atoms with Gasteiger partial charge in [0.2, 0.25) is 5.91 Å². The Bertz CT molecular complexity index is 909. The number of thioether (sulfide) groups is 1. The molecule has 37 heavy (non-hydrogen) atoms. The molecule has 0 saturated heterocycles. The van der Waals surface area contributed by atoms with Crippen LogP contribution >= 0.6 is 11.8 Å². The first-order chi connectivity index (χ1) is 17.8. The van der Waals surface area contributed by atoms with Crippen molar-refractivity contribution in [3.05, 3.63) is 29.3 Å². The monoisotopic (exact) mass is 529 g/mol. The molecule has 206 valence electrons. The zero-order valence-corrected chi connectivity index (χ0v) is 24.2. The van der Waals surface area contributed by atoms with Crippen molar-refractivity contribution >= 4 is 29.9 Å². The number of hydrogen-bond donors (Lipinski definition) is 1. The number of amides is 2. The normalized spacial score (nSPS) is 18.2. The second-order valence-electron chi connectivity index (χ2n) is 11.6. The van der Waals surface area contributed by atoms with E-state index >= 15 is 0 Å². The summed E-state index contributed by atoms with van der Waals surface area (Å²) in [5, 5.41) is 2.64. The van der Waals surface area contributed by atoms with Gasteiger partial charge in [-0.15, -0.1) is 11.8 Å². The lowest BCUT2D eigenvalue weighted by atomic mass is 9.75. The maximum Gasteiger partial charge on any atom is 0.255 e. The van der Waals surface area contributed by atoms with E-state index in [4.69, 9.17) is 0 Å². The van der Waals surface area contributed by atoms with Gasteiger partial charge < -0.3 is 19.9 Å². The molecule has 2 aliphatic rings. The molecule has 0 bridgehead atoms. The number of benzene rings is 1. The van der Waals surface area contributed by atoms with E-state index in [0.717, 1.165) is 28.5 Å². The Morgan fingerprint density at radius 2 is 1.89 bits per heavy atom. The molecule has 6 nitrogen and oxygen atoms in total. The summed E-state index contributed by atoms with van der Waals surface area (Å²) in [6.45, 7) is 6.45. The summed E-state index contributed by atoms with van der Waals surface area (Å²) in [5.74, 6) is 0.705. The van der Waals surface area contributed by atoms with E-state index in [1.54, 1.807) is 11.9 Å². The van der Waals surface area contributed by atoms with Crippen LogP contribution in [0.2, 0.25) is 0 Å². The summed E-state index contributed by atoms with van der Waals surface area (Å²) in [5.41, 5.74) is 2.25. The zero-order valence-electron chi connectivity index (χ0n) is 23.4. The van der Waals surface area contributed by atoms with Crippen LogP contribution in [-0.4, -0.2) is 66.4 Å². The smallest absolute Gasteiger partial charge is 0.255 e. The Balaban J connectivity index is 1.37. The molecule has 1 heterocycles. The minimum absolute atomic E-state index is 0.112. The highest BCUT2D eigenvalue weighted by atomic mass is 32.2. The van der Waals surface area contributed by atoms with Gasteiger partial charge in [0.15, 0.2) is 0 Å². The molecule has 1 fully saturated rings. The quantitative estimate of drug-likeness (QED) is 0.180. The highest BCUT2D eigenvalue weighted by molar-refractivity contribution is 7.99. The number of nitrogens with zero attached hydrogens (tertiary/aromatic N) is 2. The summed E-state index contributed by atoms with van der Waals surface area (Å²) in [4.78, 5) is 41.7. The number of fused-ring (bicyclic) bond motifs is 1. The lowest BCUT2D eigenvalue weighted by molar-refractivity contribution is -0.125. The molecule has 0 radical (unpaired) electrons. The first-order valence-electron chi connectivity index (χ1n) is 14.2. The topological polar surface area (TPSA) is 69.7 Å². The first-order valence-corrected chi connectivity index (χ1v) is 15.2. The highest BCUT2D eigenvalue weighted by Gasteiger charge is 2.36. The van der Waals surface area contributed by atoms with Crippen molar-refractivity contribution in [3.63, 3.8) is 0 Å². The van der Waals surface area contributed by atoms with Gasteiger partial charge in [0.25, 0.3) is 5.91 Å². The van der Waals surface area contributed by atoms with Crippen LogP contribution in [-0.2, 0) is 16.1 Å². The minimum Gasteiger partial charge on any atom is -0.357 e. The van der Waals surface area contributed by atoms with Crippen molar-refractivity contribution in [1.82, 2.24) is 15.1 Å². The number of nitrogens with one attached hydrogen (secondary N) is 1. The summed E-state index contributed by atoms with van der Waals surface area (Å²) < 4.78 is 0. The maximum atomic E-state index is 13.1. The van der Waals surface area contributed by atoms with E-state index in [0.29, 0.717) is 23.9 Å².